The minimum atomic E-state index is -0.0518. The second kappa shape index (κ2) is 8.58. The van der Waals surface area contributed by atoms with Gasteiger partial charge in [0, 0.05) is 27.9 Å². The number of benzene rings is 3. The molecule has 7 heteroatoms. The van der Waals surface area contributed by atoms with Crippen molar-refractivity contribution in [3.63, 3.8) is 0 Å². The van der Waals surface area contributed by atoms with Crippen LogP contribution in [0, 0.1) is 0 Å². The molecule has 0 atom stereocenters. The van der Waals surface area contributed by atoms with Crippen molar-refractivity contribution in [2.75, 3.05) is 11.1 Å². The predicted molar refractivity (Wildman–Crippen MR) is 115 cm³/mol. The zero-order valence-electron chi connectivity index (χ0n) is 14.8. The third kappa shape index (κ3) is 4.61. The van der Waals surface area contributed by atoms with E-state index in [1.807, 2.05) is 54.6 Å². The molecule has 0 aliphatic heterocycles. The number of rotatable bonds is 6. The van der Waals surface area contributed by atoms with Gasteiger partial charge in [0.1, 0.15) is 0 Å². The highest BCUT2D eigenvalue weighted by atomic mass is 79.9. The molecule has 1 heterocycles. The van der Waals surface area contributed by atoms with Crippen LogP contribution in [0.3, 0.4) is 0 Å². The lowest BCUT2D eigenvalue weighted by atomic mass is 10.1. The van der Waals surface area contributed by atoms with Gasteiger partial charge in [-0.25, -0.2) is 0 Å². The summed E-state index contributed by atoms with van der Waals surface area (Å²) in [5.74, 6) is 0.985. The highest BCUT2D eigenvalue weighted by Gasteiger charge is 2.11. The summed E-state index contributed by atoms with van der Waals surface area (Å²) in [4.78, 5) is 12.0. The van der Waals surface area contributed by atoms with Crippen molar-refractivity contribution in [2.24, 2.45) is 0 Å². The van der Waals surface area contributed by atoms with Crippen LogP contribution in [0.2, 0.25) is 0 Å². The highest BCUT2D eigenvalue weighted by Crippen LogP contribution is 2.26. The molecule has 0 fully saturated rings. The van der Waals surface area contributed by atoms with E-state index < -0.39 is 0 Å². The van der Waals surface area contributed by atoms with Crippen molar-refractivity contribution in [2.45, 2.75) is 11.6 Å². The molecule has 0 saturated heterocycles. The number of thioether (sulfide) groups is 1. The van der Waals surface area contributed by atoms with Crippen LogP contribution >= 0.6 is 27.7 Å². The molecule has 0 aliphatic rings. The summed E-state index contributed by atoms with van der Waals surface area (Å²) < 4.78 is 6.71. The van der Waals surface area contributed by atoms with Crippen LogP contribution in [-0.2, 0) is 4.79 Å². The molecule has 1 amide bonds. The standard InChI is InChI=1S/C21H16BrN3O2S/c22-17-7-9-18(10-8-17)23-19(26)11-12-28-21-25-24-20(27-21)16-6-5-14-3-1-2-4-15(14)13-16/h1-10,13H,11-12H2,(H,23,26). The van der Waals surface area contributed by atoms with Crippen LogP contribution in [0.15, 0.2) is 80.8 Å². The maximum Gasteiger partial charge on any atom is 0.276 e. The fourth-order valence-corrected chi connectivity index (χ4v) is 3.66. The minimum absolute atomic E-state index is 0.0518. The van der Waals surface area contributed by atoms with Crippen molar-refractivity contribution in [1.29, 1.82) is 0 Å². The smallest absolute Gasteiger partial charge is 0.276 e. The lowest BCUT2D eigenvalue weighted by Gasteiger charge is -2.04. The molecule has 3 aromatic carbocycles. The molecule has 0 unspecified atom stereocenters. The lowest BCUT2D eigenvalue weighted by Crippen LogP contribution is -2.11. The number of hydrogen-bond acceptors (Lipinski definition) is 5. The first-order valence-corrected chi connectivity index (χ1v) is 10.5. The number of nitrogens with zero attached hydrogens (tertiary/aromatic N) is 2. The van der Waals surface area contributed by atoms with E-state index in [0.29, 0.717) is 23.3 Å². The van der Waals surface area contributed by atoms with Gasteiger partial charge in [-0.1, -0.05) is 58.0 Å². The number of fused-ring (bicyclic) bond motifs is 1. The van der Waals surface area contributed by atoms with Crippen molar-refractivity contribution in [3.05, 3.63) is 71.2 Å². The van der Waals surface area contributed by atoms with Gasteiger partial charge in [-0.15, -0.1) is 10.2 Å². The summed E-state index contributed by atoms with van der Waals surface area (Å²) in [6.45, 7) is 0. The summed E-state index contributed by atoms with van der Waals surface area (Å²) in [5, 5.41) is 13.8. The number of amides is 1. The molecule has 1 aromatic heterocycles. The first kappa shape index (κ1) is 18.7. The molecule has 0 spiro atoms. The van der Waals surface area contributed by atoms with Crippen molar-refractivity contribution >= 4 is 50.1 Å². The molecule has 0 saturated carbocycles. The van der Waals surface area contributed by atoms with Gasteiger partial charge in [-0.2, -0.15) is 0 Å². The molecule has 140 valence electrons. The summed E-state index contributed by atoms with van der Waals surface area (Å²) in [6, 6.07) is 21.6. The minimum Gasteiger partial charge on any atom is -0.411 e. The van der Waals surface area contributed by atoms with E-state index in [2.05, 4.69) is 43.6 Å². The maximum atomic E-state index is 12.0. The Kier molecular flexibility index (Phi) is 5.73. The van der Waals surface area contributed by atoms with Crippen LogP contribution < -0.4 is 5.32 Å². The Bertz CT molecular complexity index is 1110. The Morgan fingerprint density at radius 3 is 2.61 bits per heavy atom. The van der Waals surface area contributed by atoms with Crippen LogP contribution in [-0.4, -0.2) is 21.9 Å². The van der Waals surface area contributed by atoms with Gasteiger partial charge in [0.15, 0.2) is 0 Å². The Morgan fingerprint density at radius 2 is 1.79 bits per heavy atom. The molecular formula is C21H16BrN3O2S. The van der Waals surface area contributed by atoms with E-state index in [4.69, 9.17) is 4.42 Å². The summed E-state index contributed by atoms with van der Waals surface area (Å²) >= 11 is 4.74. The van der Waals surface area contributed by atoms with Crippen LogP contribution in [0.4, 0.5) is 5.69 Å². The van der Waals surface area contributed by atoms with Gasteiger partial charge in [0.2, 0.25) is 11.8 Å². The third-order valence-corrected chi connectivity index (χ3v) is 5.43. The predicted octanol–water partition coefficient (Wildman–Crippen LogP) is 5.77. The van der Waals surface area contributed by atoms with E-state index in [1.54, 1.807) is 0 Å². The van der Waals surface area contributed by atoms with Gasteiger partial charge in [0.05, 0.1) is 0 Å². The Hall–Kier alpha value is -2.64. The maximum absolute atomic E-state index is 12.0. The number of halogens is 1. The first-order valence-electron chi connectivity index (χ1n) is 8.68. The number of anilines is 1. The second-order valence-corrected chi connectivity index (χ2v) is 8.05. The van der Waals surface area contributed by atoms with E-state index in [-0.39, 0.29) is 5.91 Å². The van der Waals surface area contributed by atoms with Crippen molar-refractivity contribution < 1.29 is 9.21 Å². The van der Waals surface area contributed by atoms with Gasteiger partial charge in [-0.05, 0) is 47.2 Å². The fourth-order valence-electron chi connectivity index (χ4n) is 2.69. The summed E-state index contributed by atoms with van der Waals surface area (Å²) in [7, 11) is 0. The van der Waals surface area contributed by atoms with Crippen LogP contribution in [0.1, 0.15) is 6.42 Å². The van der Waals surface area contributed by atoms with Gasteiger partial charge < -0.3 is 9.73 Å². The van der Waals surface area contributed by atoms with Crippen LogP contribution in [0.5, 0.6) is 0 Å². The van der Waals surface area contributed by atoms with Crippen LogP contribution in [0.25, 0.3) is 22.2 Å². The number of aromatic nitrogens is 2. The Balaban J connectivity index is 1.33. The van der Waals surface area contributed by atoms with Gasteiger partial charge in [0.25, 0.3) is 5.22 Å². The zero-order chi connectivity index (χ0) is 19.3. The lowest BCUT2D eigenvalue weighted by molar-refractivity contribution is -0.115. The van der Waals surface area contributed by atoms with Crippen molar-refractivity contribution in [3.8, 4) is 11.5 Å². The third-order valence-electron chi connectivity index (χ3n) is 4.09. The highest BCUT2D eigenvalue weighted by molar-refractivity contribution is 9.10. The fraction of sp³-hybridized carbons (Fsp3) is 0.0952. The quantitative estimate of drug-likeness (QED) is 0.375. The number of nitrogens with one attached hydrogen (secondary N) is 1. The monoisotopic (exact) mass is 453 g/mol. The SMILES string of the molecule is O=C(CCSc1nnc(-c2ccc3ccccc3c2)o1)Nc1ccc(Br)cc1. The number of carbonyl (C=O) groups is 1. The van der Waals surface area contributed by atoms with E-state index in [0.717, 1.165) is 26.5 Å². The molecule has 4 aromatic rings. The molecule has 28 heavy (non-hydrogen) atoms. The molecule has 1 N–H and O–H groups in total. The summed E-state index contributed by atoms with van der Waals surface area (Å²) in [6.07, 6.45) is 0.356. The molecule has 0 aliphatic carbocycles. The molecular weight excluding hydrogens is 438 g/mol. The number of carbonyl (C=O) groups excluding carboxylic acids is 1. The van der Waals surface area contributed by atoms with Crippen molar-refractivity contribution in [1.82, 2.24) is 10.2 Å². The summed E-state index contributed by atoms with van der Waals surface area (Å²) in [5.41, 5.74) is 1.65. The largest absolute Gasteiger partial charge is 0.411 e. The molecule has 0 bridgehead atoms. The molecule has 4 rings (SSSR count). The Labute approximate surface area is 174 Å². The number of hydrogen-bond donors (Lipinski definition) is 1. The first-order chi connectivity index (χ1) is 13.7. The van der Waals surface area contributed by atoms with Gasteiger partial charge in [-0.3, -0.25) is 4.79 Å². The van der Waals surface area contributed by atoms with E-state index >= 15 is 0 Å². The van der Waals surface area contributed by atoms with Gasteiger partial charge >= 0.3 is 0 Å². The van der Waals surface area contributed by atoms with E-state index in [9.17, 15) is 4.79 Å². The Morgan fingerprint density at radius 1 is 1.00 bits per heavy atom. The zero-order valence-corrected chi connectivity index (χ0v) is 17.2. The average Bonchev–Trinajstić information content (AvgIpc) is 3.18. The van der Waals surface area contributed by atoms with E-state index in [1.165, 1.54) is 11.8 Å². The normalized spacial score (nSPS) is 10.9. The molecule has 5 nitrogen and oxygen atoms in total. The molecule has 0 radical (unpaired) electrons. The average molecular weight is 454 g/mol. The topological polar surface area (TPSA) is 68.0 Å². The second-order valence-electron chi connectivity index (χ2n) is 6.09.